The molecular formula is C18H16F2N2O5. The van der Waals surface area contributed by atoms with Gasteiger partial charge in [0.1, 0.15) is 11.3 Å². The van der Waals surface area contributed by atoms with Crippen molar-refractivity contribution < 1.29 is 32.6 Å². The predicted molar refractivity (Wildman–Crippen MR) is 91.8 cm³/mol. The Labute approximate surface area is 153 Å². The summed E-state index contributed by atoms with van der Waals surface area (Å²) in [4.78, 5) is 35.3. The third kappa shape index (κ3) is 5.77. The second-order valence-electron chi connectivity index (χ2n) is 5.16. The van der Waals surface area contributed by atoms with Crippen LogP contribution in [-0.4, -0.2) is 38.0 Å². The molecule has 0 fully saturated rings. The summed E-state index contributed by atoms with van der Waals surface area (Å²) in [6.07, 6.45) is 0. The fourth-order valence-corrected chi connectivity index (χ4v) is 2.09. The van der Waals surface area contributed by atoms with Crippen LogP contribution in [-0.2, 0) is 9.53 Å². The minimum absolute atomic E-state index is 0.222. The van der Waals surface area contributed by atoms with Crippen molar-refractivity contribution in [1.29, 1.82) is 0 Å². The monoisotopic (exact) mass is 378 g/mol. The van der Waals surface area contributed by atoms with Crippen molar-refractivity contribution >= 4 is 23.5 Å². The molecule has 142 valence electrons. The topological polar surface area (TPSA) is 93.7 Å². The number of hydrogen-bond donors (Lipinski definition) is 2. The molecule has 2 amide bonds. The van der Waals surface area contributed by atoms with E-state index in [9.17, 15) is 23.2 Å². The van der Waals surface area contributed by atoms with E-state index in [1.165, 1.54) is 55.6 Å². The summed E-state index contributed by atoms with van der Waals surface area (Å²) in [5.74, 6) is -2.23. The number of halogens is 2. The highest BCUT2D eigenvalue weighted by molar-refractivity contribution is 5.97. The molecule has 0 heterocycles. The van der Waals surface area contributed by atoms with E-state index in [0.717, 1.165) is 0 Å². The number of para-hydroxylation sites is 1. The Morgan fingerprint density at radius 1 is 1.04 bits per heavy atom. The van der Waals surface area contributed by atoms with Gasteiger partial charge in [0.2, 0.25) is 0 Å². The molecule has 0 bridgehead atoms. The summed E-state index contributed by atoms with van der Waals surface area (Å²) in [5, 5.41) is 4.95. The number of hydrogen-bond acceptors (Lipinski definition) is 5. The normalized spacial score (nSPS) is 10.2. The van der Waals surface area contributed by atoms with Gasteiger partial charge < -0.3 is 20.1 Å². The maximum atomic E-state index is 12.4. The third-order valence-corrected chi connectivity index (χ3v) is 3.32. The van der Waals surface area contributed by atoms with E-state index in [1.54, 1.807) is 0 Å². The van der Waals surface area contributed by atoms with Crippen LogP contribution in [0.2, 0.25) is 0 Å². The Kier molecular flexibility index (Phi) is 6.81. The lowest BCUT2D eigenvalue weighted by molar-refractivity contribution is -0.119. The molecule has 0 saturated carbocycles. The fourth-order valence-electron chi connectivity index (χ4n) is 2.09. The second-order valence-corrected chi connectivity index (χ2v) is 5.16. The number of alkyl halides is 2. The maximum absolute atomic E-state index is 12.4. The summed E-state index contributed by atoms with van der Waals surface area (Å²) in [5.41, 5.74) is 0.586. The zero-order valence-corrected chi connectivity index (χ0v) is 14.2. The Bertz CT molecular complexity index is 825. The first-order valence-electron chi connectivity index (χ1n) is 7.73. The molecule has 9 heteroatoms. The molecule has 2 aromatic carbocycles. The summed E-state index contributed by atoms with van der Waals surface area (Å²) < 4.78 is 33.8. The zero-order valence-electron chi connectivity index (χ0n) is 14.2. The standard InChI is InChI=1S/C18H16F2N2O5/c1-21-16(24)11-6-8-12(9-7-11)22-15(23)10-26-17(25)13-4-2-3-5-14(13)27-18(19)20/h2-9,18H,10H2,1H3,(H,21,24)(H,22,23). The summed E-state index contributed by atoms with van der Waals surface area (Å²) in [7, 11) is 1.50. The predicted octanol–water partition coefficient (Wildman–Crippen LogP) is 2.44. The summed E-state index contributed by atoms with van der Waals surface area (Å²) in [6, 6.07) is 11.3. The van der Waals surface area contributed by atoms with Crippen LogP contribution >= 0.6 is 0 Å². The molecule has 0 atom stereocenters. The molecule has 7 nitrogen and oxygen atoms in total. The van der Waals surface area contributed by atoms with E-state index in [4.69, 9.17) is 4.74 Å². The van der Waals surface area contributed by atoms with Gasteiger partial charge in [-0.2, -0.15) is 8.78 Å². The van der Waals surface area contributed by atoms with E-state index in [2.05, 4.69) is 15.4 Å². The van der Waals surface area contributed by atoms with Crippen molar-refractivity contribution in [3.8, 4) is 5.75 Å². The van der Waals surface area contributed by atoms with Crippen molar-refractivity contribution in [2.75, 3.05) is 19.0 Å². The first-order chi connectivity index (χ1) is 12.9. The number of nitrogens with one attached hydrogen (secondary N) is 2. The molecule has 0 saturated heterocycles. The number of ether oxygens (including phenoxy) is 2. The van der Waals surface area contributed by atoms with Crippen LogP contribution in [0.15, 0.2) is 48.5 Å². The number of carbonyl (C=O) groups is 3. The summed E-state index contributed by atoms with van der Waals surface area (Å²) >= 11 is 0. The van der Waals surface area contributed by atoms with E-state index >= 15 is 0 Å². The lowest BCUT2D eigenvalue weighted by Crippen LogP contribution is -2.21. The smallest absolute Gasteiger partial charge is 0.387 e. The van der Waals surface area contributed by atoms with Crippen molar-refractivity contribution in [1.82, 2.24) is 5.32 Å². The van der Waals surface area contributed by atoms with Crippen molar-refractivity contribution in [2.24, 2.45) is 0 Å². The van der Waals surface area contributed by atoms with Crippen molar-refractivity contribution in [3.63, 3.8) is 0 Å². The van der Waals surface area contributed by atoms with Crippen LogP contribution in [0.5, 0.6) is 5.75 Å². The average Bonchev–Trinajstić information content (AvgIpc) is 2.66. The minimum Gasteiger partial charge on any atom is -0.452 e. The molecule has 2 N–H and O–H groups in total. The molecule has 0 aliphatic heterocycles. The van der Waals surface area contributed by atoms with Crippen LogP contribution in [0.3, 0.4) is 0 Å². The average molecular weight is 378 g/mol. The van der Waals surface area contributed by atoms with E-state index in [0.29, 0.717) is 11.3 Å². The molecule has 0 spiro atoms. The van der Waals surface area contributed by atoms with Gasteiger partial charge in [-0.25, -0.2) is 4.79 Å². The SMILES string of the molecule is CNC(=O)c1ccc(NC(=O)COC(=O)c2ccccc2OC(F)F)cc1. The van der Waals surface area contributed by atoms with E-state index in [1.807, 2.05) is 0 Å². The molecule has 0 aliphatic rings. The van der Waals surface area contributed by atoms with Gasteiger partial charge in [0.25, 0.3) is 11.8 Å². The molecule has 0 unspecified atom stereocenters. The van der Waals surface area contributed by atoms with Crippen molar-refractivity contribution in [3.05, 3.63) is 59.7 Å². The van der Waals surface area contributed by atoms with Crippen LogP contribution in [0.25, 0.3) is 0 Å². The number of esters is 1. The number of amides is 2. The third-order valence-electron chi connectivity index (χ3n) is 3.32. The van der Waals surface area contributed by atoms with Gasteiger partial charge in [-0.1, -0.05) is 12.1 Å². The highest BCUT2D eigenvalue weighted by atomic mass is 19.3. The van der Waals surface area contributed by atoms with Crippen molar-refractivity contribution in [2.45, 2.75) is 6.61 Å². The Morgan fingerprint density at radius 3 is 2.33 bits per heavy atom. The zero-order chi connectivity index (χ0) is 19.8. The van der Waals surface area contributed by atoms with Gasteiger partial charge >= 0.3 is 12.6 Å². The number of rotatable bonds is 7. The van der Waals surface area contributed by atoms with E-state index in [-0.39, 0.29) is 17.2 Å². The lowest BCUT2D eigenvalue weighted by Gasteiger charge is -2.10. The van der Waals surface area contributed by atoms with Crippen LogP contribution < -0.4 is 15.4 Å². The first-order valence-corrected chi connectivity index (χ1v) is 7.73. The van der Waals surface area contributed by atoms with E-state index < -0.39 is 25.1 Å². The Balaban J connectivity index is 1.92. The minimum atomic E-state index is -3.10. The number of anilines is 1. The molecule has 0 radical (unpaired) electrons. The number of carbonyl (C=O) groups excluding carboxylic acids is 3. The van der Waals surface area contributed by atoms with Crippen LogP contribution in [0, 0.1) is 0 Å². The molecule has 0 aliphatic carbocycles. The van der Waals surface area contributed by atoms with Gasteiger partial charge in [-0.3, -0.25) is 9.59 Å². The summed E-state index contributed by atoms with van der Waals surface area (Å²) in [6.45, 7) is -3.72. The highest BCUT2D eigenvalue weighted by Gasteiger charge is 2.17. The van der Waals surface area contributed by atoms with Gasteiger partial charge in [0, 0.05) is 18.3 Å². The maximum Gasteiger partial charge on any atom is 0.387 e. The van der Waals surface area contributed by atoms with Gasteiger partial charge in [0.15, 0.2) is 6.61 Å². The Morgan fingerprint density at radius 2 is 1.70 bits per heavy atom. The largest absolute Gasteiger partial charge is 0.452 e. The van der Waals surface area contributed by atoms with Gasteiger partial charge in [-0.15, -0.1) is 0 Å². The first kappa shape index (κ1) is 19.8. The second kappa shape index (κ2) is 9.27. The number of benzene rings is 2. The van der Waals surface area contributed by atoms with Crippen LogP contribution in [0.4, 0.5) is 14.5 Å². The quantitative estimate of drug-likeness (QED) is 0.722. The van der Waals surface area contributed by atoms with Gasteiger partial charge in [0.05, 0.1) is 0 Å². The molecule has 27 heavy (non-hydrogen) atoms. The fraction of sp³-hybridized carbons (Fsp3) is 0.167. The Hall–Kier alpha value is -3.49. The molecular weight excluding hydrogens is 362 g/mol. The highest BCUT2D eigenvalue weighted by Crippen LogP contribution is 2.21. The molecule has 0 aromatic heterocycles. The molecule has 2 rings (SSSR count). The molecule has 2 aromatic rings. The van der Waals surface area contributed by atoms with Crippen LogP contribution in [0.1, 0.15) is 20.7 Å². The lowest BCUT2D eigenvalue weighted by atomic mass is 10.2. The van der Waals surface area contributed by atoms with Gasteiger partial charge in [-0.05, 0) is 36.4 Å².